The van der Waals surface area contributed by atoms with Gasteiger partial charge >= 0.3 is 12.2 Å². The Labute approximate surface area is 153 Å². The molecule has 26 heavy (non-hydrogen) atoms. The number of carbonyl (C=O) groups excluding carboxylic acids is 2. The Morgan fingerprint density at radius 2 is 1.92 bits per heavy atom. The highest BCUT2D eigenvalue weighted by atomic mass is 16.8. The van der Waals surface area contributed by atoms with Gasteiger partial charge in [0.15, 0.2) is 0 Å². The third kappa shape index (κ3) is 5.23. The second-order valence-electron chi connectivity index (χ2n) is 6.69. The van der Waals surface area contributed by atoms with Crippen molar-refractivity contribution in [2.45, 2.75) is 33.3 Å². The van der Waals surface area contributed by atoms with Crippen LogP contribution in [0.2, 0.25) is 0 Å². The number of ether oxygens (including phenoxy) is 3. The standard InChI is InChI=1S/C19H26N2O5/c1-13(2)26-19(23)25-12-24-18(22)21-11-15(8-9-20(4)5)16-10-14(3)6-7-17(16)21/h6-7,10-11,13H,8-9,12H2,1-5H3. The van der Waals surface area contributed by atoms with E-state index in [4.69, 9.17) is 14.2 Å². The van der Waals surface area contributed by atoms with Crippen molar-refractivity contribution in [2.24, 2.45) is 0 Å². The van der Waals surface area contributed by atoms with E-state index >= 15 is 0 Å². The Kier molecular flexibility index (Phi) is 6.63. The number of benzene rings is 1. The molecule has 0 saturated heterocycles. The molecular weight excluding hydrogens is 336 g/mol. The molecular formula is C19H26N2O5. The van der Waals surface area contributed by atoms with Gasteiger partial charge in [0, 0.05) is 18.1 Å². The molecule has 1 heterocycles. The molecule has 0 fully saturated rings. The van der Waals surface area contributed by atoms with Crippen LogP contribution in [0.4, 0.5) is 9.59 Å². The molecule has 0 aliphatic rings. The smallest absolute Gasteiger partial charge is 0.431 e. The van der Waals surface area contributed by atoms with Crippen molar-refractivity contribution in [3.05, 3.63) is 35.5 Å². The average molecular weight is 362 g/mol. The quantitative estimate of drug-likeness (QED) is 0.578. The molecule has 7 heteroatoms. The molecule has 7 nitrogen and oxygen atoms in total. The monoisotopic (exact) mass is 362 g/mol. The van der Waals surface area contributed by atoms with Crippen molar-refractivity contribution in [3.8, 4) is 0 Å². The van der Waals surface area contributed by atoms with Crippen LogP contribution in [0.1, 0.15) is 25.0 Å². The van der Waals surface area contributed by atoms with Crippen LogP contribution in [-0.4, -0.2) is 55.3 Å². The number of aryl methyl sites for hydroxylation is 1. The summed E-state index contributed by atoms with van der Waals surface area (Å²) in [5, 5.41) is 1.02. The van der Waals surface area contributed by atoms with Crippen LogP contribution in [-0.2, 0) is 20.6 Å². The Hall–Kier alpha value is -2.54. The Balaban J connectivity index is 2.12. The molecule has 142 valence electrons. The van der Waals surface area contributed by atoms with Crippen LogP contribution in [0.3, 0.4) is 0 Å². The Morgan fingerprint density at radius 3 is 2.58 bits per heavy atom. The molecule has 1 aromatic carbocycles. The van der Waals surface area contributed by atoms with Gasteiger partial charge in [0.1, 0.15) is 0 Å². The summed E-state index contributed by atoms with van der Waals surface area (Å²) >= 11 is 0. The summed E-state index contributed by atoms with van der Waals surface area (Å²) in [5.74, 6) is 0. The number of aromatic nitrogens is 1. The first-order chi connectivity index (χ1) is 12.3. The van der Waals surface area contributed by atoms with Gasteiger partial charge in [-0.25, -0.2) is 9.59 Å². The number of hydrogen-bond donors (Lipinski definition) is 0. The lowest BCUT2D eigenvalue weighted by atomic mass is 10.1. The molecule has 0 radical (unpaired) electrons. The summed E-state index contributed by atoms with van der Waals surface area (Å²) < 4.78 is 16.0. The van der Waals surface area contributed by atoms with Gasteiger partial charge in [0.2, 0.25) is 6.79 Å². The fourth-order valence-electron chi connectivity index (χ4n) is 2.53. The summed E-state index contributed by atoms with van der Waals surface area (Å²) in [4.78, 5) is 25.8. The minimum absolute atomic E-state index is 0.297. The number of fused-ring (bicyclic) bond motifs is 1. The lowest BCUT2D eigenvalue weighted by Gasteiger charge is -2.09. The van der Waals surface area contributed by atoms with E-state index in [2.05, 4.69) is 11.0 Å². The Bertz CT molecular complexity index is 780. The number of hydrogen-bond acceptors (Lipinski definition) is 6. The largest absolute Gasteiger partial charge is 0.511 e. The number of likely N-dealkylation sites (N-methyl/N-ethyl adjacent to an activating group) is 1. The van der Waals surface area contributed by atoms with Crippen LogP contribution in [0, 0.1) is 6.92 Å². The van der Waals surface area contributed by atoms with E-state index in [1.807, 2.05) is 33.2 Å². The summed E-state index contributed by atoms with van der Waals surface area (Å²) in [7, 11) is 4.01. The van der Waals surface area contributed by atoms with E-state index in [-0.39, 0.29) is 6.10 Å². The van der Waals surface area contributed by atoms with Gasteiger partial charge in [-0.1, -0.05) is 11.6 Å². The summed E-state index contributed by atoms with van der Waals surface area (Å²) in [5.41, 5.74) is 2.95. The van der Waals surface area contributed by atoms with Crippen molar-refractivity contribution < 1.29 is 23.8 Å². The van der Waals surface area contributed by atoms with E-state index in [1.165, 1.54) is 4.57 Å². The van der Waals surface area contributed by atoms with E-state index in [1.54, 1.807) is 20.0 Å². The second kappa shape index (κ2) is 8.71. The van der Waals surface area contributed by atoms with E-state index < -0.39 is 19.0 Å². The number of rotatable bonds is 6. The molecule has 1 aromatic heterocycles. The molecule has 0 unspecified atom stereocenters. The predicted octanol–water partition coefficient (Wildman–Crippen LogP) is 3.56. The lowest BCUT2D eigenvalue weighted by molar-refractivity contribution is -0.0239. The zero-order valence-corrected chi connectivity index (χ0v) is 15.9. The summed E-state index contributed by atoms with van der Waals surface area (Å²) in [6.45, 7) is 5.79. The van der Waals surface area contributed by atoms with Crippen molar-refractivity contribution in [1.29, 1.82) is 0 Å². The topological polar surface area (TPSA) is 70.0 Å². The highest BCUT2D eigenvalue weighted by molar-refractivity contribution is 5.92. The number of nitrogens with zero attached hydrogens (tertiary/aromatic N) is 2. The first-order valence-corrected chi connectivity index (χ1v) is 8.53. The van der Waals surface area contributed by atoms with E-state index in [0.29, 0.717) is 0 Å². The molecule has 0 saturated carbocycles. The van der Waals surface area contributed by atoms with Crippen LogP contribution >= 0.6 is 0 Å². The molecule has 0 aliphatic heterocycles. The normalized spacial score (nSPS) is 11.2. The minimum Gasteiger partial charge on any atom is -0.431 e. The first kappa shape index (κ1) is 19.8. The molecule has 0 atom stereocenters. The van der Waals surface area contributed by atoms with Gasteiger partial charge in [0.05, 0.1) is 11.6 Å². The number of carbonyl (C=O) groups is 2. The van der Waals surface area contributed by atoms with Crippen molar-refractivity contribution in [1.82, 2.24) is 9.47 Å². The van der Waals surface area contributed by atoms with Gasteiger partial charge in [-0.2, -0.15) is 0 Å². The van der Waals surface area contributed by atoms with Crippen molar-refractivity contribution in [2.75, 3.05) is 27.4 Å². The summed E-state index contributed by atoms with van der Waals surface area (Å²) in [6.07, 6.45) is 0.821. The molecule has 0 bridgehead atoms. The fraction of sp³-hybridized carbons (Fsp3) is 0.474. The van der Waals surface area contributed by atoms with Crippen LogP contribution in [0.5, 0.6) is 0 Å². The Morgan fingerprint density at radius 1 is 1.19 bits per heavy atom. The molecule has 2 rings (SSSR count). The zero-order valence-electron chi connectivity index (χ0n) is 15.9. The van der Waals surface area contributed by atoms with Gasteiger partial charge < -0.3 is 19.1 Å². The fourth-order valence-corrected chi connectivity index (χ4v) is 2.53. The van der Waals surface area contributed by atoms with Crippen LogP contribution in [0.25, 0.3) is 10.9 Å². The van der Waals surface area contributed by atoms with Gasteiger partial charge in [-0.3, -0.25) is 4.57 Å². The maximum absolute atomic E-state index is 12.4. The third-order valence-corrected chi connectivity index (χ3v) is 3.76. The molecule has 0 aliphatic carbocycles. The zero-order chi connectivity index (χ0) is 19.3. The maximum Gasteiger partial charge on any atom is 0.511 e. The lowest BCUT2D eigenvalue weighted by Crippen LogP contribution is -2.19. The predicted molar refractivity (Wildman–Crippen MR) is 98.4 cm³/mol. The molecule has 0 spiro atoms. The van der Waals surface area contributed by atoms with Gasteiger partial charge in [-0.05, 0) is 59.0 Å². The average Bonchev–Trinajstić information content (AvgIpc) is 2.90. The van der Waals surface area contributed by atoms with Crippen molar-refractivity contribution >= 4 is 23.2 Å². The molecule has 2 aromatic rings. The van der Waals surface area contributed by atoms with E-state index in [9.17, 15) is 9.59 Å². The van der Waals surface area contributed by atoms with Crippen molar-refractivity contribution in [3.63, 3.8) is 0 Å². The van der Waals surface area contributed by atoms with Crippen LogP contribution in [0.15, 0.2) is 24.4 Å². The van der Waals surface area contributed by atoms with Crippen LogP contribution < -0.4 is 0 Å². The third-order valence-electron chi connectivity index (χ3n) is 3.76. The van der Waals surface area contributed by atoms with Gasteiger partial charge in [0.25, 0.3) is 0 Å². The summed E-state index contributed by atoms with van der Waals surface area (Å²) in [6, 6.07) is 5.89. The highest BCUT2D eigenvalue weighted by Crippen LogP contribution is 2.24. The molecule has 0 amide bonds. The van der Waals surface area contributed by atoms with E-state index in [0.717, 1.165) is 35.0 Å². The molecule has 0 N–H and O–H groups in total. The highest BCUT2D eigenvalue weighted by Gasteiger charge is 2.16. The first-order valence-electron chi connectivity index (χ1n) is 8.53. The maximum atomic E-state index is 12.4. The minimum atomic E-state index is -0.868. The SMILES string of the molecule is Cc1ccc2c(c1)c(CCN(C)C)cn2C(=O)OCOC(=O)OC(C)C. The second-order valence-corrected chi connectivity index (χ2v) is 6.69. The van der Waals surface area contributed by atoms with Gasteiger partial charge in [-0.15, -0.1) is 0 Å².